The molecule has 0 spiro atoms. The molecule has 0 aromatic heterocycles. The van der Waals surface area contributed by atoms with Gasteiger partial charge in [0.2, 0.25) is 0 Å². The van der Waals surface area contributed by atoms with Crippen LogP contribution in [0.3, 0.4) is 0 Å². The number of thioether (sulfide) groups is 1. The molecule has 0 aliphatic heterocycles. The van der Waals surface area contributed by atoms with Crippen molar-refractivity contribution in [2.75, 3.05) is 12.3 Å². The Morgan fingerprint density at radius 2 is 1.89 bits per heavy atom. The summed E-state index contributed by atoms with van der Waals surface area (Å²) in [5, 5.41) is 5.93. The van der Waals surface area contributed by atoms with E-state index in [9.17, 15) is 4.79 Å². The molecule has 140 valence electrons. The number of amides is 1. The molecular weight excluding hydrogens is 378 g/mol. The van der Waals surface area contributed by atoms with Crippen LogP contribution < -0.4 is 10.1 Å². The van der Waals surface area contributed by atoms with Crippen molar-refractivity contribution in [1.82, 2.24) is 5.32 Å². The Morgan fingerprint density at radius 3 is 2.70 bits per heavy atom. The first-order valence-electron chi connectivity index (χ1n) is 8.87. The Morgan fingerprint density at radius 1 is 1.07 bits per heavy atom. The molecule has 1 N–H and O–H groups in total. The van der Waals surface area contributed by atoms with Crippen LogP contribution in [-0.2, 0) is 10.5 Å². The van der Waals surface area contributed by atoms with Crippen LogP contribution >= 0.6 is 23.4 Å². The fraction of sp³-hybridized carbons (Fsp3) is 0.227. The SMILES string of the molecule is C[C@@H](Oc1ccc2ccccc2c1)C(=O)NCCSCc1cccc(Cl)c1. The zero-order valence-corrected chi connectivity index (χ0v) is 16.7. The number of fused-ring (bicyclic) bond motifs is 1. The molecule has 0 saturated carbocycles. The first-order chi connectivity index (χ1) is 13.1. The molecule has 0 saturated heterocycles. The Balaban J connectivity index is 1.40. The van der Waals surface area contributed by atoms with Crippen molar-refractivity contribution in [2.45, 2.75) is 18.8 Å². The van der Waals surface area contributed by atoms with Crippen molar-refractivity contribution < 1.29 is 9.53 Å². The van der Waals surface area contributed by atoms with Crippen LogP contribution in [0.5, 0.6) is 5.75 Å². The second kappa shape index (κ2) is 9.67. The molecule has 3 aromatic rings. The summed E-state index contributed by atoms with van der Waals surface area (Å²) in [7, 11) is 0. The Hall–Kier alpha value is -2.17. The molecule has 3 aromatic carbocycles. The highest BCUT2D eigenvalue weighted by atomic mass is 35.5. The highest BCUT2D eigenvalue weighted by Crippen LogP contribution is 2.21. The Bertz CT molecular complexity index is 915. The molecular formula is C22H22ClNO2S. The van der Waals surface area contributed by atoms with Gasteiger partial charge < -0.3 is 10.1 Å². The number of hydrogen-bond donors (Lipinski definition) is 1. The number of carbonyl (C=O) groups excluding carboxylic acids is 1. The molecule has 1 atom stereocenters. The van der Waals surface area contributed by atoms with Crippen molar-refractivity contribution in [3.63, 3.8) is 0 Å². The van der Waals surface area contributed by atoms with Crippen molar-refractivity contribution in [3.8, 4) is 5.75 Å². The zero-order chi connectivity index (χ0) is 19.1. The van der Waals surface area contributed by atoms with Crippen molar-refractivity contribution >= 4 is 40.0 Å². The van der Waals surface area contributed by atoms with Crippen LogP contribution in [0.2, 0.25) is 5.02 Å². The summed E-state index contributed by atoms with van der Waals surface area (Å²) in [5.41, 5.74) is 1.19. The van der Waals surface area contributed by atoms with E-state index in [0.717, 1.165) is 27.3 Å². The molecule has 0 aliphatic rings. The van der Waals surface area contributed by atoms with Gasteiger partial charge in [-0.2, -0.15) is 11.8 Å². The molecule has 0 fully saturated rings. The van der Waals surface area contributed by atoms with E-state index >= 15 is 0 Å². The molecule has 27 heavy (non-hydrogen) atoms. The number of ether oxygens (including phenoxy) is 1. The molecule has 5 heteroatoms. The average Bonchev–Trinajstić information content (AvgIpc) is 2.67. The molecule has 0 aliphatic carbocycles. The van der Waals surface area contributed by atoms with Crippen LogP contribution in [0.4, 0.5) is 0 Å². The van der Waals surface area contributed by atoms with Gasteiger partial charge in [-0.05, 0) is 47.5 Å². The fourth-order valence-electron chi connectivity index (χ4n) is 2.71. The fourth-order valence-corrected chi connectivity index (χ4v) is 3.72. The lowest BCUT2D eigenvalue weighted by Gasteiger charge is -2.15. The van der Waals surface area contributed by atoms with E-state index in [1.807, 2.05) is 54.6 Å². The quantitative estimate of drug-likeness (QED) is 0.521. The summed E-state index contributed by atoms with van der Waals surface area (Å²) in [6.45, 7) is 2.37. The van der Waals surface area contributed by atoms with E-state index in [-0.39, 0.29) is 5.91 Å². The minimum atomic E-state index is -0.538. The summed E-state index contributed by atoms with van der Waals surface area (Å²) in [6, 6.07) is 21.8. The third-order valence-electron chi connectivity index (χ3n) is 4.11. The van der Waals surface area contributed by atoms with Crippen molar-refractivity contribution in [3.05, 3.63) is 77.3 Å². The van der Waals surface area contributed by atoms with Crippen LogP contribution in [0.1, 0.15) is 12.5 Å². The first kappa shape index (κ1) is 19.6. The van der Waals surface area contributed by atoms with E-state index < -0.39 is 6.10 Å². The van der Waals surface area contributed by atoms with Gasteiger partial charge >= 0.3 is 0 Å². The van der Waals surface area contributed by atoms with Crippen LogP contribution in [0.25, 0.3) is 10.8 Å². The summed E-state index contributed by atoms with van der Waals surface area (Å²) in [4.78, 5) is 12.2. The molecule has 0 radical (unpaired) electrons. The first-order valence-corrected chi connectivity index (χ1v) is 10.4. The minimum Gasteiger partial charge on any atom is -0.481 e. The molecule has 0 unspecified atom stereocenters. The summed E-state index contributed by atoms with van der Waals surface area (Å²) in [6.07, 6.45) is -0.538. The number of nitrogens with one attached hydrogen (secondary N) is 1. The number of benzene rings is 3. The number of rotatable bonds is 8. The van der Waals surface area contributed by atoms with Gasteiger partial charge in [0.1, 0.15) is 5.75 Å². The Labute approximate surface area is 169 Å². The van der Waals surface area contributed by atoms with Crippen molar-refractivity contribution in [2.24, 2.45) is 0 Å². The standard InChI is InChI=1S/C22H22ClNO2S/c1-16(26-21-10-9-18-6-2-3-7-19(18)14-21)22(25)24-11-12-27-15-17-5-4-8-20(23)13-17/h2-10,13-14,16H,11-12,15H2,1H3,(H,24,25)/t16-/m1/s1. The summed E-state index contributed by atoms with van der Waals surface area (Å²) >= 11 is 7.74. The van der Waals surface area contributed by atoms with Gasteiger partial charge in [-0.1, -0.05) is 54.1 Å². The van der Waals surface area contributed by atoms with E-state index in [4.69, 9.17) is 16.3 Å². The Kier molecular flexibility index (Phi) is 7.02. The van der Waals surface area contributed by atoms with E-state index in [1.54, 1.807) is 18.7 Å². The van der Waals surface area contributed by atoms with Crippen LogP contribution in [0.15, 0.2) is 66.7 Å². The smallest absolute Gasteiger partial charge is 0.260 e. The molecule has 3 rings (SSSR count). The minimum absolute atomic E-state index is 0.105. The predicted octanol–water partition coefficient (Wildman–Crippen LogP) is 5.31. The lowest BCUT2D eigenvalue weighted by atomic mass is 10.1. The second-order valence-corrected chi connectivity index (χ2v) is 7.78. The third kappa shape index (κ3) is 5.91. The lowest BCUT2D eigenvalue weighted by Crippen LogP contribution is -2.37. The number of carbonyl (C=O) groups is 1. The molecule has 3 nitrogen and oxygen atoms in total. The topological polar surface area (TPSA) is 38.3 Å². The van der Waals surface area contributed by atoms with E-state index in [1.165, 1.54) is 5.56 Å². The molecule has 1 amide bonds. The maximum Gasteiger partial charge on any atom is 0.260 e. The van der Waals surface area contributed by atoms with Gasteiger partial charge in [-0.25, -0.2) is 0 Å². The second-order valence-electron chi connectivity index (χ2n) is 6.24. The van der Waals surface area contributed by atoms with Crippen molar-refractivity contribution in [1.29, 1.82) is 0 Å². The third-order valence-corrected chi connectivity index (χ3v) is 5.37. The summed E-state index contributed by atoms with van der Waals surface area (Å²) in [5.74, 6) is 2.30. The molecule has 0 bridgehead atoms. The largest absolute Gasteiger partial charge is 0.481 e. The maximum absolute atomic E-state index is 12.2. The molecule has 0 heterocycles. The number of halogens is 1. The van der Waals surface area contributed by atoms with E-state index in [0.29, 0.717) is 12.3 Å². The van der Waals surface area contributed by atoms with E-state index in [2.05, 4.69) is 17.4 Å². The monoisotopic (exact) mass is 399 g/mol. The van der Waals surface area contributed by atoms with Crippen LogP contribution in [-0.4, -0.2) is 24.3 Å². The maximum atomic E-state index is 12.2. The van der Waals surface area contributed by atoms with Gasteiger partial charge in [-0.3, -0.25) is 4.79 Å². The van der Waals surface area contributed by atoms with Gasteiger partial charge in [0.15, 0.2) is 6.10 Å². The van der Waals surface area contributed by atoms with Gasteiger partial charge in [0, 0.05) is 23.1 Å². The van der Waals surface area contributed by atoms with Crippen LogP contribution in [0, 0.1) is 0 Å². The summed E-state index contributed by atoms with van der Waals surface area (Å²) < 4.78 is 5.79. The predicted molar refractivity (Wildman–Crippen MR) is 115 cm³/mol. The average molecular weight is 400 g/mol. The number of hydrogen-bond acceptors (Lipinski definition) is 3. The van der Waals surface area contributed by atoms with Gasteiger partial charge in [0.25, 0.3) is 5.91 Å². The van der Waals surface area contributed by atoms with Gasteiger partial charge in [-0.15, -0.1) is 0 Å². The highest BCUT2D eigenvalue weighted by Gasteiger charge is 2.14. The lowest BCUT2D eigenvalue weighted by molar-refractivity contribution is -0.127. The zero-order valence-electron chi connectivity index (χ0n) is 15.2. The highest BCUT2D eigenvalue weighted by molar-refractivity contribution is 7.98. The van der Waals surface area contributed by atoms with Gasteiger partial charge in [0.05, 0.1) is 0 Å². The normalized spacial score (nSPS) is 11.9.